The highest BCUT2D eigenvalue weighted by atomic mass is 35.5. The Labute approximate surface area is 153 Å². The number of carbonyl (C=O) groups is 1. The van der Waals surface area contributed by atoms with Gasteiger partial charge in [-0.05, 0) is 43.0 Å². The van der Waals surface area contributed by atoms with E-state index in [0.717, 1.165) is 45.9 Å². The molecule has 6 heteroatoms. The van der Waals surface area contributed by atoms with Gasteiger partial charge in [-0.15, -0.1) is 0 Å². The van der Waals surface area contributed by atoms with Crippen LogP contribution in [-0.2, 0) is 9.47 Å². The van der Waals surface area contributed by atoms with Crippen LogP contribution in [0.3, 0.4) is 0 Å². The molecule has 3 aliphatic rings. The zero-order chi connectivity index (χ0) is 17.3. The highest BCUT2D eigenvalue weighted by Gasteiger charge is 2.48. The Morgan fingerprint density at radius 3 is 2.56 bits per heavy atom. The van der Waals surface area contributed by atoms with Crippen molar-refractivity contribution in [1.29, 1.82) is 0 Å². The summed E-state index contributed by atoms with van der Waals surface area (Å²) in [5.74, 6) is 0.672. The van der Waals surface area contributed by atoms with E-state index in [1.807, 2.05) is 4.90 Å². The second-order valence-corrected chi connectivity index (χ2v) is 7.92. The molecule has 0 N–H and O–H groups in total. The van der Waals surface area contributed by atoms with E-state index in [2.05, 4.69) is 4.90 Å². The molecule has 3 heterocycles. The van der Waals surface area contributed by atoms with Gasteiger partial charge in [0, 0.05) is 30.2 Å². The molecular formula is C19H25ClN2O3. The summed E-state index contributed by atoms with van der Waals surface area (Å²) in [5, 5.41) is 0.651. The fourth-order valence-electron chi connectivity index (χ4n) is 4.03. The normalized spacial score (nSPS) is 26.4. The molecule has 1 spiro atoms. The van der Waals surface area contributed by atoms with Gasteiger partial charge in [-0.3, -0.25) is 9.69 Å². The van der Waals surface area contributed by atoms with E-state index in [9.17, 15) is 4.79 Å². The molecule has 0 aliphatic carbocycles. The molecule has 0 saturated carbocycles. The number of benzene rings is 1. The molecule has 1 amide bonds. The van der Waals surface area contributed by atoms with Crippen molar-refractivity contribution in [3.63, 3.8) is 0 Å². The van der Waals surface area contributed by atoms with E-state index in [1.165, 1.54) is 6.42 Å². The number of amides is 1. The summed E-state index contributed by atoms with van der Waals surface area (Å²) in [5.41, 5.74) is 0.587. The van der Waals surface area contributed by atoms with E-state index < -0.39 is 0 Å². The van der Waals surface area contributed by atoms with Crippen LogP contribution in [0, 0.1) is 5.92 Å². The monoisotopic (exact) mass is 364 g/mol. The Kier molecular flexibility index (Phi) is 5.00. The van der Waals surface area contributed by atoms with Crippen molar-refractivity contribution in [2.24, 2.45) is 5.92 Å². The minimum atomic E-state index is -0.108. The van der Waals surface area contributed by atoms with Gasteiger partial charge in [-0.25, -0.2) is 0 Å². The summed E-state index contributed by atoms with van der Waals surface area (Å²) < 4.78 is 11.6. The van der Waals surface area contributed by atoms with E-state index >= 15 is 0 Å². The maximum Gasteiger partial charge on any atom is 0.254 e. The third-order valence-electron chi connectivity index (χ3n) is 5.59. The fourth-order valence-corrected chi connectivity index (χ4v) is 4.15. The Bertz CT molecular complexity index is 600. The van der Waals surface area contributed by atoms with Gasteiger partial charge in [0.15, 0.2) is 0 Å². The van der Waals surface area contributed by atoms with Gasteiger partial charge in [0.1, 0.15) is 5.60 Å². The molecule has 25 heavy (non-hydrogen) atoms. The lowest BCUT2D eigenvalue weighted by atomic mass is 9.82. The number of nitrogens with zero attached hydrogens (tertiary/aromatic N) is 2. The van der Waals surface area contributed by atoms with Crippen LogP contribution in [0.15, 0.2) is 24.3 Å². The van der Waals surface area contributed by atoms with Gasteiger partial charge in [0.2, 0.25) is 0 Å². The van der Waals surface area contributed by atoms with Gasteiger partial charge in [-0.2, -0.15) is 0 Å². The molecule has 1 unspecified atom stereocenters. The fraction of sp³-hybridized carbons (Fsp3) is 0.632. The highest BCUT2D eigenvalue weighted by Crippen LogP contribution is 2.37. The largest absolute Gasteiger partial charge is 0.379 e. The van der Waals surface area contributed by atoms with Crippen LogP contribution in [0.5, 0.6) is 0 Å². The summed E-state index contributed by atoms with van der Waals surface area (Å²) in [6.07, 6.45) is 2.23. The Balaban J connectivity index is 1.25. The standard InChI is InChI=1S/C19H25ClN2O3/c20-17-3-1-16(2-4-17)18(23)22-13-19(14-22)6-5-15(12-25-19)11-21-7-9-24-10-8-21/h1-4,15H,5-14H2. The van der Waals surface area contributed by atoms with E-state index in [1.54, 1.807) is 24.3 Å². The Hall–Kier alpha value is -1.14. The summed E-state index contributed by atoms with van der Waals surface area (Å²) in [6, 6.07) is 7.10. The first-order valence-corrected chi connectivity index (χ1v) is 9.50. The summed E-state index contributed by atoms with van der Waals surface area (Å²) in [6.45, 7) is 7.08. The third-order valence-corrected chi connectivity index (χ3v) is 5.84. The van der Waals surface area contributed by atoms with Crippen LogP contribution < -0.4 is 0 Å². The third kappa shape index (κ3) is 3.85. The van der Waals surface area contributed by atoms with Crippen LogP contribution in [0.2, 0.25) is 5.02 Å². The van der Waals surface area contributed by atoms with Crippen LogP contribution in [0.4, 0.5) is 0 Å². The molecule has 0 bridgehead atoms. The van der Waals surface area contributed by atoms with Crippen molar-refractivity contribution in [1.82, 2.24) is 9.80 Å². The maximum absolute atomic E-state index is 12.5. The highest BCUT2D eigenvalue weighted by molar-refractivity contribution is 6.30. The number of carbonyl (C=O) groups excluding carboxylic acids is 1. The number of rotatable bonds is 3. The van der Waals surface area contributed by atoms with Crippen LogP contribution in [-0.4, -0.2) is 73.9 Å². The van der Waals surface area contributed by atoms with Gasteiger partial charge in [-0.1, -0.05) is 11.6 Å². The minimum Gasteiger partial charge on any atom is -0.379 e. The molecule has 1 atom stereocenters. The number of hydrogen-bond donors (Lipinski definition) is 0. The molecule has 136 valence electrons. The van der Waals surface area contributed by atoms with Crippen molar-refractivity contribution in [3.8, 4) is 0 Å². The maximum atomic E-state index is 12.5. The molecule has 1 aromatic carbocycles. The average Bonchev–Trinajstić information content (AvgIpc) is 2.62. The average molecular weight is 365 g/mol. The molecule has 3 fully saturated rings. The molecule has 4 rings (SSSR count). The molecular weight excluding hydrogens is 340 g/mol. The zero-order valence-corrected chi connectivity index (χ0v) is 15.2. The van der Waals surface area contributed by atoms with Crippen molar-refractivity contribution in [3.05, 3.63) is 34.9 Å². The molecule has 0 radical (unpaired) electrons. The number of morpholine rings is 1. The smallest absolute Gasteiger partial charge is 0.254 e. The zero-order valence-electron chi connectivity index (χ0n) is 14.5. The first kappa shape index (κ1) is 17.3. The lowest BCUT2D eigenvalue weighted by Crippen LogP contribution is -2.66. The summed E-state index contributed by atoms with van der Waals surface area (Å²) in [7, 11) is 0. The van der Waals surface area contributed by atoms with Crippen LogP contribution in [0.25, 0.3) is 0 Å². The molecule has 0 aromatic heterocycles. The summed E-state index contributed by atoms with van der Waals surface area (Å²) in [4.78, 5) is 16.9. The summed E-state index contributed by atoms with van der Waals surface area (Å²) >= 11 is 5.89. The first-order chi connectivity index (χ1) is 12.1. The predicted octanol–water partition coefficient (Wildman–Crippen LogP) is 2.29. The Morgan fingerprint density at radius 2 is 1.92 bits per heavy atom. The van der Waals surface area contributed by atoms with Gasteiger partial charge < -0.3 is 14.4 Å². The van der Waals surface area contributed by atoms with Gasteiger partial charge in [0.05, 0.1) is 32.9 Å². The minimum absolute atomic E-state index is 0.0707. The van der Waals surface area contributed by atoms with E-state index in [4.69, 9.17) is 21.1 Å². The van der Waals surface area contributed by atoms with Gasteiger partial charge >= 0.3 is 0 Å². The van der Waals surface area contributed by atoms with Crippen molar-refractivity contribution < 1.29 is 14.3 Å². The second-order valence-electron chi connectivity index (χ2n) is 7.48. The van der Waals surface area contributed by atoms with E-state index in [0.29, 0.717) is 29.6 Å². The van der Waals surface area contributed by atoms with Crippen molar-refractivity contribution >= 4 is 17.5 Å². The van der Waals surface area contributed by atoms with E-state index in [-0.39, 0.29) is 11.5 Å². The van der Waals surface area contributed by atoms with Crippen molar-refractivity contribution in [2.75, 3.05) is 52.5 Å². The predicted molar refractivity (Wildman–Crippen MR) is 96.0 cm³/mol. The number of hydrogen-bond acceptors (Lipinski definition) is 4. The SMILES string of the molecule is O=C(c1ccc(Cl)cc1)N1CC2(CCC(CN3CCOCC3)CO2)C1. The first-order valence-electron chi connectivity index (χ1n) is 9.12. The molecule has 3 aliphatic heterocycles. The Morgan fingerprint density at radius 1 is 1.20 bits per heavy atom. The number of halogens is 1. The second kappa shape index (κ2) is 7.23. The van der Waals surface area contributed by atoms with Crippen LogP contribution >= 0.6 is 11.6 Å². The lowest BCUT2D eigenvalue weighted by Gasteiger charge is -2.53. The molecule has 3 saturated heterocycles. The van der Waals surface area contributed by atoms with Gasteiger partial charge in [0.25, 0.3) is 5.91 Å². The topological polar surface area (TPSA) is 42.0 Å². The lowest BCUT2D eigenvalue weighted by molar-refractivity contribution is -0.169. The number of likely N-dealkylation sites (tertiary alicyclic amines) is 1. The van der Waals surface area contributed by atoms with Crippen LogP contribution in [0.1, 0.15) is 23.2 Å². The number of ether oxygens (including phenoxy) is 2. The quantitative estimate of drug-likeness (QED) is 0.825. The molecule has 1 aromatic rings. The molecule has 5 nitrogen and oxygen atoms in total. The van der Waals surface area contributed by atoms with Crippen molar-refractivity contribution in [2.45, 2.75) is 18.4 Å².